The summed E-state index contributed by atoms with van der Waals surface area (Å²) < 4.78 is 39.3. The minimum atomic E-state index is -4.41. The highest BCUT2D eigenvalue weighted by Crippen LogP contribution is 2.30. The second-order valence-corrected chi connectivity index (χ2v) is 8.22. The van der Waals surface area contributed by atoms with E-state index in [1.165, 1.54) is 11.6 Å². The molecular weight excluding hydrogens is 449 g/mol. The van der Waals surface area contributed by atoms with Gasteiger partial charge in [0.25, 0.3) is 5.91 Å². The number of nitrogens with one attached hydrogen (secondary N) is 1. The molecule has 0 saturated carbocycles. The van der Waals surface area contributed by atoms with E-state index in [4.69, 9.17) is 11.6 Å². The zero-order chi connectivity index (χ0) is 24.0. The van der Waals surface area contributed by atoms with Crippen molar-refractivity contribution in [2.75, 3.05) is 18.9 Å². The molecule has 33 heavy (non-hydrogen) atoms. The van der Waals surface area contributed by atoms with Crippen LogP contribution in [-0.2, 0) is 25.6 Å². The number of hydrogen-bond donors (Lipinski definition) is 1. The molecule has 174 valence electrons. The summed E-state index contributed by atoms with van der Waals surface area (Å²) in [6.07, 6.45) is -3.21. The number of carbonyl (C=O) groups excluding carboxylic acids is 1. The number of nitrogens with zero attached hydrogens (tertiary/aromatic N) is 1. The van der Waals surface area contributed by atoms with Gasteiger partial charge in [-0.15, -0.1) is 0 Å². The van der Waals surface area contributed by atoms with Gasteiger partial charge >= 0.3 is 6.18 Å². The van der Waals surface area contributed by atoms with E-state index in [1.807, 2.05) is 24.3 Å². The van der Waals surface area contributed by atoms with E-state index >= 15 is 0 Å². The summed E-state index contributed by atoms with van der Waals surface area (Å²) in [5.41, 5.74) is 3.00. The maximum Gasteiger partial charge on any atom is 0.416 e. The molecule has 1 N–H and O–H groups in total. The second kappa shape index (κ2) is 10.8. The standard InChI is InChI=1S/C26H26ClF3N2O/c1-3-18-7-9-20(10-8-18)17-32(25(33)23-16-22(27)11-12-24(23)31-2)14-13-19-5-4-6-21(15-19)26(28,29)30/h4-12,15-16,31H,3,13-14,17H2,1-2H3. The van der Waals surface area contributed by atoms with E-state index in [2.05, 4.69) is 12.2 Å². The normalized spacial score (nSPS) is 11.3. The minimum Gasteiger partial charge on any atom is -0.387 e. The Hall–Kier alpha value is -2.99. The molecule has 0 bridgehead atoms. The van der Waals surface area contributed by atoms with Crippen LogP contribution in [0.25, 0.3) is 0 Å². The fourth-order valence-electron chi connectivity index (χ4n) is 3.60. The highest BCUT2D eigenvalue weighted by atomic mass is 35.5. The summed E-state index contributed by atoms with van der Waals surface area (Å²) in [6, 6.07) is 18.2. The fourth-order valence-corrected chi connectivity index (χ4v) is 3.77. The Morgan fingerprint density at radius 3 is 2.30 bits per heavy atom. The quantitative estimate of drug-likeness (QED) is 0.387. The lowest BCUT2D eigenvalue weighted by Crippen LogP contribution is -2.33. The van der Waals surface area contributed by atoms with Gasteiger partial charge in [-0.2, -0.15) is 13.2 Å². The summed E-state index contributed by atoms with van der Waals surface area (Å²) in [4.78, 5) is 15.1. The zero-order valence-corrected chi connectivity index (χ0v) is 19.3. The summed E-state index contributed by atoms with van der Waals surface area (Å²) in [5, 5.41) is 3.44. The van der Waals surface area contributed by atoms with Crippen molar-refractivity contribution in [3.05, 3.63) is 99.6 Å². The second-order valence-electron chi connectivity index (χ2n) is 7.78. The molecule has 7 heteroatoms. The molecule has 3 aromatic carbocycles. The largest absolute Gasteiger partial charge is 0.416 e. The molecule has 0 unspecified atom stereocenters. The fraction of sp³-hybridized carbons (Fsp3) is 0.269. The molecule has 0 radical (unpaired) electrons. The van der Waals surface area contributed by atoms with Gasteiger partial charge in [-0.1, -0.05) is 61.0 Å². The van der Waals surface area contributed by atoms with Gasteiger partial charge in [-0.3, -0.25) is 4.79 Å². The molecular formula is C26H26ClF3N2O. The van der Waals surface area contributed by atoms with E-state index in [-0.39, 0.29) is 18.9 Å². The first-order chi connectivity index (χ1) is 15.7. The van der Waals surface area contributed by atoms with Gasteiger partial charge in [0.2, 0.25) is 0 Å². The van der Waals surface area contributed by atoms with Crippen LogP contribution in [0.3, 0.4) is 0 Å². The van der Waals surface area contributed by atoms with Crippen LogP contribution >= 0.6 is 11.6 Å². The number of rotatable bonds is 8. The molecule has 0 aromatic heterocycles. The molecule has 0 aliphatic heterocycles. The van der Waals surface area contributed by atoms with Crippen molar-refractivity contribution in [3.8, 4) is 0 Å². The van der Waals surface area contributed by atoms with Crippen LogP contribution in [0.1, 0.15) is 39.5 Å². The van der Waals surface area contributed by atoms with Crippen molar-refractivity contribution >= 4 is 23.2 Å². The van der Waals surface area contributed by atoms with Crippen molar-refractivity contribution in [1.29, 1.82) is 0 Å². The Bertz CT molecular complexity index is 1100. The zero-order valence-electron chi connectivity index (χ0n) is 18.5. The molecule has 3 aromatic rings. The Balaban J connectivity index is 1.88. The number of anilines is 1. The maximum absolute atomic E-state index is 13.5. The monoisotopic (exact) mass is 474 g/mol. The van der Waals surface area contributed by atoms with Gasteiger partial charge in [0, 0.05) is 30.8 Å². The lowest BCUT2D eigenvalue weighted by Gasteiger charge is -2.25. The Morgan fingerprint density at radius 2 is 1.67 bits per heavy atom. The van der Waals surface area contributed by atoms with Crippen molar-refractivity contribution in [1.82, 2.24) is 4.90 Å². The first kappa shape index (κ1) is 24.6. The molecule has 0 saturated heterocycles. The third kappa shape index (κ3) is 6.51. The Morgan fingerprint density at radius 1 is 0.970 bits per heavy atom. The molecule has 3 nitrogen and oxygen atoms in total. The molecule has 0 heterocycles. The Kier molecular flexibility index (Phi) is 8.03. The third-order valence-electron chi connectivity index (χ3n) is 5.50. The number of benzene rings is 3. The predicted octanol–water partition coefficient (Wildman–Crippen LogP) is 6.85. The molecule has 1 amide bonds. The van der Waals surface area contributed by atoms with Crippen molar-refractivity contribution < 1.29 is 18.0 Å². The first-order valence-corrected chi connectivity index (χ1v) is 11.1. The van der Waals surface area contributed by atoms with E-state index in [0.29, 0.717) is 28.4 Å². The highest BCUT2D eigenvalue weighted by Gasteiger charge is 2.30. The minimum absolute atomic E-state index is 0.242. The van der Waals surface area contributed by atoms with E-state index in [1.54, 1.807) is 36.2 Å². The SMILES string of the molecule is CCc1ccc(CN(CCc2cccc(C(F)(F)F)c2)C(=O)c2cc(Cl)ccc2NC)cc1. The van der Waals surface area contributed by atoms with Crippen LogP contribution in [0.15, 0.2) is 66.7 Å². The van der Waals surface area contributed by atoms with Crippen molar-refractivity contribution in [3.63, 3.8) is 0 Å². The number of alkyl halides is 3. The lowest BCUT2D eigenvalue weighted by atomic mass is 10.1. The number of amides is 1. The number of halogens is 4. The van der Waals surface area contributed by atoms with Crippen molar-refractivity contribution in [2.45, 2.75) is 32.5 Å². The van der Waals surface area contributed by atoms with Gasteiger partial charge in [0.05, 0.1) is 11.1 Å². The molecule has 0 atom stereocenters. The van der Waals surface area contributed by atoms with Crippen LogP contribution < -0.4 is 5.32 Å². The summed E-state index contributed by atoms with van der Waals surface area (Å²) in [7, 11) is 1.72. The smallest absolute Gasteiger partial charge is 0.387 e. The summed E-state index contributed by atoms with van der Waals surface area (Å²) >= 11 is 6.14. The van der Waals surface area contributed by atoms with Gasteiger partial charge in [-0.25, -0.2) is 0 Å². The van der Waals surface area contributed by atoms with E-state index in [9.17, 15) is 18.0 Å². The van der Waals surface area contributed by atoms with Crippen LogP contribution in [0.2, 0.25) is 5.02 Å². The summed E-state index contributed by atoms with van der Waals surface area (Å²) in [5.74, 6) is -0.242. The van der Waals surface area contributed by atoms with Gasteiger partial charge in [0.15, 0.2) is 0 Å². The molecule has 0 aliphatic carbocycles. The number of aryl methyl sites for hydroxylation is 1. The van der Waals surface area contributed by atoms with Gasteiger partial charge < -0.3 is 10.2 Å². The molecule has 0 aliphatic rings. The predicted molar refractivity (Wildman–Crippen MR) is 127 cm³/mol. The average Bonchev–Trinajstić information content (AvgIpc) is 2.81. The van der Waals surface area contributed by atoms with E-state index in [0.717, 1.165) is 24.1 Å². The van der Waals surface area contributed by atoms with Gasteiger partial charge in [-0.05, 0) is 53.8 Å². The van der Waals surface area contributed by atoms with Crippen molar-refractivity contribution in [2.24, 2.45) is 0 Å². The topological polar surface area (TPSA) is 32.3 Å². The first-order valence-electron chi connectivity index (χ1n) is 10.7. The van der Waals surface area contributed by atoms with Crippen LogP contribution in [0.5, 0.6) is 0 Å². The van der Waals surface area contributed by atoms with Crippen LogP contribution in [0, 0.1) is 0 Å². The third-order valence-corrected chi connectivity index (χ3v) is 5.73. The molecule has 3 rings (SSSR count). The Labute approximate surface area is 197 Å². The summed E-state index contributed by atoms with van der Waals surface area (Å²) in [6.45, 7) is 2.65. The van der Waals surface area contributed by atoms with Gasteiger partial charge in [0.1, 0.15) is 0 Å². The number of hydrogen-bond acceptors (Lipinski definition) is 2. The maximum atomic E-state index is 13.5. The van der Waals surface area contributed by atoms with Crippen LogP contribution in [0.4, 0.5) is 18.9 Å². The van der Waals surface area contributed by atoms with Crippen LogP contribution in [-0.4, -0.2) is 24.4 Å². The average molecular weight is 475 g/mol. The number of carbonyl (C=O) groups is 1. The molecule has 0 spiro atoms. The highest BCUT2D eigenvalue weighted by molar-refractivity contribution is 6.31. The lowest BCUT2D eigenvalue weighted by molar-refractivity contribution is -0.137. The molecule has 0 fully saturated rings. The van der Waals surface area contributed by atoms with E-state index < -0.39 is 11.7 Å².